The summed E-state index contributed by atoms with van der Waals surface area (Å²) in [6.07, 6.45) is 2.42. The first-order valence-electron chi connectivity index (χ1n) is 7.32. The van der Waals surface area contributed by atoms with Crippen molar-refractivity contribution >= 4 is 11.8 Å². The minimum atomic E-state index is 0.168. The lowest BCUT2D eigenvalue weighted by molar-refractivity contribution is 0.127. The van der Waals surface area contributed by atoms with Crippen molar-refractivity contribution in [2.45, 2.75) is 49.3 Å². The Morgan fingerprint density at radius 3 is 2.60 bits per heavy atom. The van der Waals surface area contributed by atoms with Gasteiger partial charge in [-0.25, -0.2) is 0 Å². The van der Waals surface area contributed by atoms with Gasteiger partial charge in [0.1, 0.15) is 5.75 Å². The molecule has 4 unspecified atom stereocenters. The van der Waals surface area contributed by atoms with Crippen molar-refractivity contribution in [1.82, 2.24) is 0 Å². The Morgan fingerprint density at radius 1 is 1.40 bits per heavy atom. The Kier molecular flexibility index (Phi) is 5.75. The largest absolute Gasteiger partial charge is 0.497 e. The molecular weight excluding hydrogens is 270 g/mol. The lowest BCUT2D eigenvalue weighted by Gasteiger charge is -2.27. The molecule has 0 aliphatic carbocycles. The molecule has 2 rings (SSSR count). The summed E-state index contributed by atoms with van der Waals surface area (Å²) >= 11 is 1.97. The van der Waals surface area contributed by atoms with Crippen molar-refractivity contribution in [2.24, 2.45) is 5.73 Å². The van der Waals surface area contributed by atoms with Crippen LogP contribution < -0.4 is 10.5 Å². The zero-order valence-electron chi connectivity index (χ0n) is 12.5. The second-order valence-electron chi connectivity index (χ2n) is 5.30. The molecule has 1 saturated heterocycles. The van der Waals surface area contributed by atoms with Crippen LogP contribution in [-0.2, 0) is 4.74 Å². The number of hydrogen-bond acceptors (Lipinski definition) is 4. The van der Waals surface area contributed by atoms with Crippen LogP contribution in [0.4, 0.5) is 0 Å². The summed E-state index contributed by atoms with van der Waals surface area (Å²) in [6.45, 7) is 5.18. The first kappa shape index (κ1) is 15.7. The van der Waals surface area contributed by atoms with Crippen LogP contribution in [0.5, 0.6) is 5.75 Å². The van der Waals surface area contributed by atoms with Crippen LogP contribution in [0.25, 0.3) is 0 Å². The summed E-state index contributed by atoms with van der Waals surface area (Å²) in [5.41, 5.74) is 7.63. The van der Waals surface area contributed by atoms with Gasteiger partial charge in [-0.15, -0.1) is 11.8 Å². The molecule has 0 amide bonds. The predicted molar refractivity (Wildman–Crippen MR) is 85.4 cm³/mol. The van der Waals surface area contributed by atoms with Crippen molar-refractivity contribution in [3.8, 4) is 5.75 Å². The third-order valence-corrected chi connectivity index (χ3v) is 5.82. The third-order valence-electron chi connectivity index (χ3n) is 3.93. The van der Waals surface area contributed by atoms with E-state index in [2.05, 4.69) is 26.0 Å². The van der Waals surface area contributed by atoms with Gasteiger partial charge in [-0.2, -0.15) is 0 Å². The molecule has 1 aliphatic rings. The molecule has 0 aromatic heterocycles. The fourth-order valence-corrected chi connectivity index (χ4v) is 4.13. The van der Waals surface area contributed by atoms with Gasteiger partial charge < -0.3 is 15.2 Å². The lowest BCUT2D eigenvalue weighted by atomic mass is 10.0. The summed E-state index contributed by atoms with van der Waals surface area (Å²) in [6, 6.07) is 8.46. The fourth-order valence-electron chi connectivity index (χ4n) is 2.51. The number of methoxy groups -OCH3 is 1. The van der Waals surface area contributed by atoms with Crippen LogP contribution in [-0.4, -0.2) is 31.1 Å². The van der Waals surface area contributed by atoms with E-state index in [1.807, 2.05) is 23.9 Å². The van der Waals surface area contributed by atoms with Crippen LogP contribution in [0, 0.1) is 0 Å². The second-order valence-corrected chi connectivity index (χ2v) is 6.69. The molecule has 3 nitrogen and oxygen atoms in total. The van der Waals surface area contributed by atoms with Crippen LogP contribution >= 0.6 is 11.8 Å². The molecule has 4 atom stereocenters. The number of ether oxygens (including phenoxy) is 2. The van der Waals surface area contributed by atoms with E-state index >= 15 is 0 Å². The number of benzene rings is 1. The molecule has 4 heteroatoms. The lowest BCUT2D eigenvalue weighted by Crippen LogP contribution is -2.28. The second kappa shape index (κ2) is 7.34. The third kappa shape index (κ3) is 3.68. The molecule has 2 N–H and O–H groups in total. The minimum Gasteiger partial charge on any atom is -0.497 e. The number of nitrogens with two attached hydrogens (primary N) is 1. The zero-order chi connectivity index (χ0) is 14.5. The first-order chi connectivity index (χ1) is 9.65. The molecule has 20 heavy (non-hydrogen) atoms. The van der Waals surface area contributed by atoms with E-state index in [1.165, 1.54) is 5.56 Å². The van der Waals surface area contributed by atoms with Crippen molar-refractivity contribution in [2.75, 3.05) is 13.7 Å². The van der Waals surface area contributed by atoms with Gasteiger partial charge in [-0.05, 0) is 37.5 Å². The molecule has 0 bridgehead atoms. The van der Waals surface area contributed by atoms with Gasteiger partial charge in [0.2, 0.25) is 0 Å². The highest BCUT2D eigenvalue weighted by molar-refractivity contribution is 8.00. The summed E-state index contributed by atoms with van der Waals surface area (Å²) in [5, 5.41) is 0.861. The average molecular weight is 295 g/mol. The predicted octanol–water partition coefficient (Wildman–Crippen LogP) is 3.38. The highest BCUT2D eigenvalue weighted by Gasteiger charge is 2.30. The minimum absolute atomic E-state index is 0.168. The SMILES string of the molecule is CCC(N)C(SC1CCOC1C)c1ccc(OC)cc1. The van der Waals surface area contributed by atoms with Crippen molar-refractivity contribution in [3.63, 3.8) is 0 Å². The van der Waals surface area contributed by atoms with E-state index in [4.69, 9.17) is 15.2 Å². The molecule has 0 spiro atoms. The zero-order valence-corrected chi connectivity index (χ0v) is 13.4. The smallest absolute Gasteiger partial charge is 0.118 e. The standard InChI is InChI=1S/C16H25NO2S/c1-4-14(17)16(20-15-9-10-19-11(15)2)12-5-7-13(18-3)8-6-12/h5-8,11,14-16H,4,9-10,17H2,1-3H3. The topological polar surface area (TPSA) is 44.5 Å². The summed E-state index contributed by atoms with van der Waals surface area (Å²) < 4.78 is 10.9. The van der Waals surface area contributed by atoms with Crippen molar-refractivity contribution in [3.05, 3.63) is 29.8 Å². The Hall–Kier alpha value is -0.710. The molecule has 112 valence electrons. The average Bonchev–Trinajstić information content (AvgIpc) is 2.89. The maximum absolute atomic E-state index is 6.35. The number of rotatable bonds is 6. The summed E-state index contributed by atoms with van der Waals surface area (Å²) in [4.78, 5) is 0. The summed E-state index contributed by atoms with van der Waals surface area (Å²) in [5.74, 6) is 0.889. The molecule has 1 aliphatic heterocycles. The summed E-state index contributed by atoms with van der Waals surface area (Å²) in [7, 11) is 1.69. The normalized spacial score (nSPS) is 25.4. The van der Waals surface area contributed by atoms with E-state index in [-0.39, 0.29) is 6.04 Å². The Labute approximate surface area is 126 Å². The molecular formula is C16H25NO2S. The fraction of sp³-hybridized carbons (Fsp3) is 0.625. The van der Waals surface area contributed by atoms with Gasteiger partial charge in [0.05, 0.1) is 13.2 Å². The Bertz CT molecular complexity index is 409. The number of thioether (sulfide) groups is 1. The maximum atomic E-state index is 6.35. The molecule has 0 saturated carbocycles. The van der Waals surface area contributed by atoms with E-state index in [1.54, 1.807) is 7.11 Å². The van der Waals surface area contributed by atoms with Gasteiger partial charge in [-0.3, -0.25) is 0 Å². The molecule has 1 aromatic rings. The van der Waals surface area contributed by atoms with Gasteiger partial charge >= 0.3 is 0 Å². The van der Waals surface area contributed by atoms with Gasteiger partial charge in [-0.1, -0.05) is 19.1 Å². The molecule has 1 aromatic carbocycles. The van der Waals surface area contributed by atoms with Crippen LogP contribution in [0.1, 0.15) is 37.5 Å². The van der Waals surface area contributed by atoms with Gasteiger partial charge in [0, 0.05) is 23.1 Å². The van der Waals surface area contributed by atoms with E-state index in [0.717, 1.165) is 25.2 Å². The molecule has 1 fully saturated rings. The van der Waals surface area contributed by atoms with E-state index in [9.17, 15) is 0 Å². The van der Waals surface area contributed by atoms with Gasteiger partial charge in [0.15, 0.2) is 0 Å². The maximum Gasteiger partial charge on any atom is 0.118 e. The van der Waals surface area contributed by atoms with Gasteiger partial charge in [0.25, 0.3) is 0 Å². The van der Waals surface area contributed by atoms with E-state index < -0.39 is 0 Å². The highest BCUT2D eigenvalue weighted by Crippen LogP contribution is 2.40. The van der Waals surface area contributed by atoms with Crippen LogP contribution in [0.15, 0.2) is 24.3 Å². The monoisotopic (exact) mass is 295 g/mol. The van der Waals surface area contributed by atoms with Crippen molar-refractivity contribution in [1.29, 1.82) is 0 Å². The highest BCUT2D eigenvalue weighted by atomic mass is 32.2. The van der Waals surface area contributed by atoms with Crippen LogP contribution in [0.3, 0.4) is 0 Å². The molecule has 0 radical (unpaired) electrons. The first-order valence-corrected chi connectivity index (χ1v) is 8.26. The Morgan fingerprint density at radius 2 is 2.10 bits per heavy atom. The number of hydrogen-bond donors (Lipinski definition) is 1. The van der Waals surface area contributed by atoms with Crippen molar-refractivity contribution < 1.29 is 9.47 Å². The van der Waals surface area contributed by atoms with E-state index in [0.29, 0.717) is 16.6 Å². The van der Waals surface area contributed by atoms with Crippen LogP contribution in [0.2, 0.25) is 0 Å². The quantitative estimate of drug-likeness (QED) is 0.874. The Balaban J connectivity index is 2.13. The molecule has 1 heterocycles.